The number of nitrogens with zero attached hydrogens (tertiary/aromatic N) is 4. The summed E-state index contributed by atoms with van der Waals surface area (Å²) in [5, 5.41) is 12.1. The van der Waals surface area contributed by atoms with Gasteiger partial charge in [-0.1, -0.05) is 6.07 Å². The number of aromatic nitrogens is 1. The van der Waals surface area contributed by atoms with Crippen LogP contribution in [0.5, 0.6) is 0 Å². The topological polar surface area (TPSA) is 123 Å². The Labute approximate surface area is 218 Å². The van der Waals surface area contributed by atoms with Crippen molar-refractivity contribution in [3.05, 3.63) is 48.7 Å². The van der Waals surface area contributed by atoms with Gasteiger partial charge >= 0.3 is 5.97 Å². The fourth-order valence-electron chi connectivity index (χ4n) is 5.24. The van der Waals surface area contributed by atoms with Crippen LogP contribution < -0.4 is 10.2 Å². The second-order valence-corrected chi connectivity index (χ2v) is 11.7. The number of benzene rings is 1. The zero-order valence-electron chi connectivity index (χ0n) is 21.1. The molecule has 11 heteroatoms. The number of piperazine rings is 1. The molecule has 2 atom stereocenters. The molecule has 0 saturated carbocycles. The van der Waals surface area contributed by atoms with E-state index in [-0.39, 0.29) is 29.1 Å². The molecular weight excluding hydrogens is 494 g/mol. The van der Waals surface area contributed by atoms with Crippen LogP contribution in [0.3, 0.4) is 0 Å². The number of carbonyl (C=O) groups is 2. The number of nitrogens with one attached hydrogen (secondary N) is 1. The van der Waals surface area contributed by atoms with Crippen LogP contribution in [0.15, 0.2) is 53.6 Å². The predicted octanol–water partition coefficient (Wildman–Crippen LogP) is 2.35. The molecule has 4 rings (SSSR count). The van der Waals surface area contributed by atoms with Gasteiger partial charge in [-0.3, -0.25) is 14.5 Å². The summed E-state index contributed by atoms with van der Waals surface area (Å²) in [6, 6.07) is 12.1. The molecule has 1 aromatic heterocycles. The Morgan fingerprint density at radius 1 is 1.03 bits per heavy atom. The van der Waals surface area contributed by atoms with Gasteiger partial charge in [0.05, 0.1) is 4.90 Å². The lowest BCUT2D eigenvalue weighted by Crippen LogP contribution is -2.48. The standard InChI is InChI=1S/C26H35N5O5S/c1-20(32)28-23-5-7-24(8-6-23)37(35,36)31-13-10-21(18-26(33)34)22(19-31)9-12-29-14-16-30(17-15-29)25-4-2-3-11-27-25/h2-8,11,21-22H,9-10,12-19H2,1H3,(H,28,32)(H,33,34)/t21-,22-/m0/s1. The Balaban J connectivity index is 1.38. The third-order valence-electron chi connectivity index (χ3n) is 7.27. The summed E-state index contributed by atoms with van der Waals surface area (Å²) in [7, 11) is -3.73. The van der Waals surface area contributed by atoms with Crippen molar-refractivity contribution in [2.45, 2.75) is 31.1 Å². The number of anilines is 2. The van der Waals surface area contributed by atoms with Gasteiger partial charge in [-0.05, 0) is 67.6 Å². The summed E-state index contributed by atoms with van der Waals surface area (Å²) in [5.41, 5.74) is 0.535. The molecule has 2 fully saturated rings. The van der Waals surface area contributed by atoms with E-state index in [1.54, 1.807) is 18.3 Å². The zero-order chi connectivity index (χ0) is 26.4. The number of aliphatic carboxylic acids is 1. The van der Waals surface area contributed by atoms with Crippen LogP contribution in [0.25, 0.3) is 0 Å². The smallest absolute Gasteiger partial charge is 0.303 e. The molecule has 200 valence electrons. The molecule has 1 aromatic carbocycles. The van der Waals surface area contributed by atoms with E-state index in [9.17, 15) is 23.1 Å². The molecule has 2 aromatic rings. The normalized spacial score (nSPS) is 21.5. The van der Waals surface area contributed by atoms with Crippen molar-refractivity contribution in [2.24, 2.45) is 11.8 Å². The van der Waals surface area contributed by atoms with Crippen LogP contribution in [-0.4, -0.2) is 85.4 Å². The first-order valence-corrected chi connectivity index (χ1v) is 14.1. The fraction of sp³-hybridized carbons (Fsp3) is 0.500. The number of rotatable bonds is 9. The monoisotopic (exact) mass is 529 g/mol. The largest absolute Gasteiger partial charge is 0.481 e. The van der Waals surface area contributed by atoms with Crippen molar-refractivity contribution in [1.82, 2.24) is 14.2 Å². The molecule has 2 saturated heterocycles. The van der Waals surface area contributed by atoms with Gasteiger partial charge in [-0.25, -0.2) is 13.4 Å². The lowest BCUT2D eigenvalue weighted by atomic mass is 9.82. The minimum atomic E-state index is -3.73. The average molecular weight is 530 g/mol. The average Bonchev–Trinajstić information content (AvgIpc) is 2.88. The van der Waals surface area contributed by atoms with E-state index < -0.39 is 16.0 Å². The highest BCUT2D eigenvalue weighted by Gasteiger charge is 2.36. The summed E-state index contributed by atoms with van der Waals surface area (Å²) in [4.78, 5) is 32.0. The van der Waals surface area contributed by atoms with Crippen molar-refractivity contribution in [2.75, 3.05) is 56.0 Å². The third-order valence-corrected chi connectivity index (χ3v) is 9.14. The second-order valence-electron chi connectivity index (χ2n) is 9.78. The van der Waals surface area contributed by atoms with E-state index >= 15 is 0 Å². The maximum atomic E-state index is 13.4. The van der Waals surface area contributed by atoms with Crippen LogP contribution in [0.4, 0.5) is 11.5 Å². The Hall–Kier alpha value is -3.02. The molecule has 0 aliphatic carbocycles. The molecule has 0 spiro atoms. The van der Waals surface area contributed by atoms with Crippen molar-refractivity contribution >= 4 is 33.4 Å². The molecule has 0 bridgehead atoms. The molecule has 2 N–H and O–H groups in total. The molecule has 10 nitrogen and oxygen atoms in total. The highest BCUT2D eigenvalue weighted by atomic mass is 32.2. The number of carbonyl (C=O) groups excluding carboxylic acids is 1. The van der Waals surface area contributed by atoms with Gasteiger partial charge in [0.25, 0.3) is 0 Å². The Morgan fingerprint density at radius 2 is 1.76 bits per heavy atom. The summed E-state index contributed by atoms with van der Waals surface area (Å²) in [6.45, 7) is 6.31. The van der Waals surface area contributed by atoms with E-state index in [1.807, 2.05) is 18.2 Å². The number of piperidine rings is 1. The van der Waals surface area contributed by atoms with Gasteiger partial charge in [-0.15, -0.1) is 0 Å². The minimum Gasteiger partial charge on any atom is -0.481 e. The molecule has 2 aliphatic heterocycles. The summed E-state index contributed by atoms with van der Waals surface area (Å²) < 4.78 is 28.2. The van der Waals surface area contributed by atoms with Crippen molar-refractivity contribution in [3.63, 3.8) is 0 Å². The lowest BCUT2D eigenvalue weighted by molar-refractivity contribution is -0.139. The maximum absolute atomic E-state index is 13.4. The van der Waals surface area contributed by atoms with Gasteiger partial charge < -0.3 is 15.3 Å². The summed E-state index contributed by atoms with van der Waals surface area (Å²) in [6.07, 6.45) is 3.12. The quantitative estimate of drug-likeness (QED) is 0.508. The molecule has 37 heavy (non-hydrogen) atoms. The maximum Gasteiger partial charge on any atom is 0.303 e. The first-order chi connectivity index (χ1) is 17.7. The second kappa shape index (κ2) is 12.0. The molecular formula is C26H35N5O5S. The number of carboxylic acids is 1. The molecule has 2 aliphatic rings. The van der Waals surface area contributed by atoms with E-state index in [4.69, 9.17) is 0 Å². The number of hydrogen-bond donors (Lipinski definition) is 2. The highest BCUT2D eigenvalue weighted by molar-refractivity contribution is 7.89. The summed E-state index contributed by atoms with van der Waals surface area (Å²) in [5.74, 6) is -0.184. The van der Waals surface area contributed by atoms with Gasteiger partial charge in [0.1, 0.15) is 5.82 Å². The third kappa shape index (κ3) is 7.06. The van der Waals surface area contributed by atoms with Gasteiger partial charge in [-0.2, -0.15) is 4.31 Å². The SMILES string of the molecule is CC(=O)Nc1ccc(S(=O)(=O)N2CC[C@@H](CC(=O)O)[C@@H](CCN3CCN(c4ccccn4)CC3)C2)cc1. The number of hydrogen-bond acceptors (Lipinski definition) is 7. The summed E-state index contributed by atoms with van der Waals surface area (Å²) >= 11 is 0. The molecule has 1 amide bonds. The lowest BCUT2D eigenvalue weighted by Gasteiger charge is -2.40. The zero-order valence-corrected chi connectivity index (χ0v) is 21.9. The minimum absolute atomic E-state index is 0.0351. The highest BCUT2D eigenvalue weighted by Crippen LogP contribution is 2.33. The van der Waals surface area contributed by atoms with Gasteiger partial charge in [0.15, 0.2) is 0 Å². The molecule has 0 radical (unpaired) electrons. The van der Waals surface area contributed by atoms with Crippen LogP contribution in [0.2, 0.25) is 0 Å². The van der Waals surface area contributed by atoms with E-state index in [2.05, 4.69) is 20.1 Å². The van der Waals surface area contributed by atoms with E-state index in [1.165, 1.54) is 23.4 Å². The van der Waals surface area contributed by atoms with E-state index in [0.717, 1.165) is 45.0 Å². The molecule has 0 unspecified atom stereocenters. The van der Waals surface area contributed by atoms with Crippen LogP contribution in [-0.2, 0) is 19.6 Å². The first-order valence-electron chi connectivity index (χ1n) is 12.7. The number of carboxylic acid groups (broad SMARTS) is 1. The number of amides is 1. The van der Waals surface area contributed by atoms with Crippen LogP contribution in [0, 0.1) is 11.8 Å². The van der Waals surface area contributed by atoms with Crippen molar-refractivity contribution in [3.8, 4) is 0 Å². The Kier molecular flexibility index (Phi) is 8.78. The number of pyridine rings is 1. The van der Waals surface area contributed by atoms with Gasteiger partial charge in [0, 0.05) is 64.5 Å². The first kappa shape index (κ1) is 27.0. The van der Waals surface area contributed by atoms with Crippen LogP contribution in [0.1, 0.15) is 26.2 Å². The predicted molar refractivity (Wildman–Crippen MR) is 141 cm³/mol. The molecule has 3 heterocycles. The fourth-order valence-corrected chi connectivity index (χ4v) is 6.75. The Morgan fingerprint density at radius 3 is 2.38 bits per heavy atom. The Bertz CT molecular complexity index is 1170. The van der Waals surface area contributed by atoms with Crippen LogP contribution >= 0.6 is 0 Å². The van der Waals surface area contributed by atoms with Crippen molar-refractivity contribution in [1.29, 1.82) is 0 Å². The van der Waals surface area contributed by atoms with E-state index in [0.29, 0.717) is 25.2 Å². The van der Waals surface area contributed by atoms with Gasteiger partial charge in [0.2, 0.25) is 15.9 Å². The van der Waals surface area contributed by atoms with Crippen molar-refractivity contribution < 1.29 is 23.1 Å². The number of sulfonamides is 1.